The third-order valence-electron chi connectivity index (χ3n) is 3.25. The Labute approximate surface area is 140 Å². The zero-order valence-electron chi connectivity index (χ0n) is 13.3. The van der Waals surface area contributed by atoms with Crippen molar-refractivity contribution in [2.75, 3.05) is 17.2 Å². The predicted octanol–water partition coefficient (Wildman–Crippen LogP) is 3.07. The van der Waals surface area contributed by atoms with Gasteiger partial charge in [0, 0.05) is 17.8 Å². The molecule has 0 bridgehead atoms. The van der Waals surface area contributed by atoms with Gasteiger partial charge < -0.3 is 15.7 Å². The second-order valence-electron chi connectivity index (χ2n) is 5.39. The van der Waals surface area contributed by atoms with Crippen LogP contribution in [-0.4, -0.2) is 32.7 Å². The quantitative estimate of drug-likeness (QED) is 0.647. The van der Waals surface area contributed by atoms with Crippen LogP contribution in [0.3, 0.4) is 0 Å². The van der Waals surface area contributed by atoms with Crippen molar-refractivity contribution in [3.63, 3.8) is 0 Å². The molecule has 0 fully saturated rings. The molecule has 1 heterocycles. The molecule has 0 aliphatic heterocycles. The van der Waals surface area contributed by atoms with Crippen molar-refractivity contribution in [3.8, 4) is 11.4 Å². The van der Waals surface area contributed by atoms with Crippen molar-refractivity contribution >= 4 is 17.6 Å². The molecule has 0 saturated heterocycles. The van der Waals surface area contributed by atoms with E-state index in [9.17, 15) is 5.11 Å². The van der Waals surface area contributed by atoms with Gasteiger partial charge in [0.2, 0.25) is 11.9 Å². The number of hydrogen-bond donors (Lipinski definition) is 3. The van der Waals surface area contributed by atoms with E-state index >= 15 is 0 Å². The van der Waals surface area contributed by atoms with E-state index in [0.717, 1.165) is 11.3 Å². The van der Waals surface area contributed by atoms with Crippen molar-refractivity contribution in [1.29, 1.82) is 0 Å². The molecule has 1 atom stereocenters. The van der Waals surface area contributed by atoms with Crippen LogP contribution in [0.4, 0.5) is 17.6 Å². The van der Waals surface area contributed by atoms with Crippen molar-refractivity contribution in [1.82, 2.24) is 15.0 Å². The van der Waals surface area contributed by atoms with Gasteiger partial charge in [0.25, 0.3) is 0 Å². The van der Waals surface area contributed by atoms with Gasteiger partial charge in [-0.1, -0.05) is 48.5 Å². The summed E-state index contributed by atoms with van der Waals surface area (Å²) in [5.74, 6) is 1.43. The minimum atomic E-state index is -0.493. The number of aliphatic hydroxyl groups is 1. The van der Waals surface area contributed by atoms with E-state index in [1.165, 1.54) is 0 Å². The second-order valence-corrected chi connectivity index (χ2v) is 5.39. The van der Waals surface area contributed by atoms with Gasteiger partial charge in [-0.25, -0.2) is 0 Å². The van der Waals surface area contributed by atoms with Crippen molar-refractivity contribution in [2.24, 2.45) is 0 Å². The number of benzene rings is 2. The topological polar surface area (TPSA) is 83.0 Å². The summed E-state index contributed by atoms with van der Waals surface area (Å²) in [6.45, 7) is 2.07. The first-order valence-corrected chi connectivity index (χ1v) is 7.76. The maximum Gasteiger partial charge on any atom is 0.232 e. The lowest BCUT2D eigenvalue weighted by atomic mass is 10.2. The van der Waals surface area contributed by atoms with Gasteiger partial charge in [-0.3, -0.25) is 0 Å². The third-order valence-corrected chi connectivity index (χ3v) is 3.25. The fourth-order valence-corrected chi connectivity index (χ4v) is 2.12. The summed E-state index contributed by atoms with van der Waals surface area (Å²) < 4.78 is 0. The van der Waals surface area contributed by atoms with Crippen LogP contribution in [-0.2, 0) is 0 Å². The van der Waals surface area contributed by atoms with Gasteiger partial charge >= 0.3 is 0 Å². The van der Waals surface area contributed by atoms with Crippen molar-refractivity contribution in [3.05, 3.63) is 60.7 Å². The summed E-state index contributed by atoms with van der Waals surface area (Å²) in [6, 6.07) is 19.4. The van der Waals surface area contributed by atoms with Crippen molar-refractivity contribution < 1.29 is 5.11 Å². The summed E-state index contributed by atoms with van der Waals surface area (Å²) in [7, 11) is 0. The first kappa shape index (κ1) is 15.9. The number of anilines is 3. The zero-order valence-corrected chi connectivity index (χ0v) is 13.3. The number of aliphatic hydroxyl groups excluding tert-OH is 1. The number of hydrogen-bond acceptors (Lipinski definition) is 6. The lowest BCUT2D eigenvalue weighted by Gasteiger charge is -2.11. The molecule has 24 heavy (non-hydrogen) atoms. The molecule has 0 spiro atoms. The minimum absolute atomic E-state index is 0.364. The molecule has 0 amide bonds. The average Bonchev–Trinajstić information content (AvgIpc) is 2.61. The zero-order chi connectivity index (χ0) is 16.8. The Morgan fingerprint density at radius 2 is 1.50 bits per heavy atom. The Balaban J connectivity index is 1.93. The van der Waals surface area contributed by atoms with Gasteiger partial charge in [-0.2, -0.15) is 15.0 Å². The van der Waals surface area contributed by atoms with E-state index in [-0.39, 0.29) is 0 Å². The van der Waals surface area contributed by atoms with Crippen LogP contribution in [0.1, 0.15) is 6.92 Å². The molecule has 0 saturated carbocycles. The minimum Gasteiger partial charge on any atom is -0.392 e. The fraction of sp³-hybridized carbons (Fsp3) is 0.167. The molecule has 6 nitrogen and oxygen atoms in total. The standard InChI is InChI=1S/C18H19N5O/c1-13(24)12-19-17-21-16(14-8-4-2-5-9-14)22-18(23-17)20-15-10-6-3-7-11-15/h2-11,13,24H,12H2,1H3,(H2,19,20,21,22,23). The lowest BCUT2D eigenvalue weighted by Crippen LogP contribution is -2.17. The highest BCUT2D eigenvalue weighted by Crippen LogP contribution is 2.19. The molecular formula is C18H19N5O. The Bertz CT molecular complexity index is 778. The molecule has 0 aliphatic carbocycles. The van der Waals surface area contributed by atoms with Crippen LogP contribution < -0.4 is 10.6 Å². The molecule has 2 aromatic carbocycles. The number of rotatable bonds is 6. The SMILES string of the molecule is CC(O)CNc1nc(Nc2ccccc2)nc(-c2ccccc2)n1. The average molecular weight is 321 g/mol. The first-order chi connectivity index (χ1) is 11.7. The Kier molecular flexibility index (Phi) is 4.98. The molecule has 1 unspecified atom stereocenters. The van der Waals surface area contributed by atoms with Crippen LogP contribution in [0.2, 0.25) is 0 Å². The molecule has 3 rings (SSSR count). The van der Waals surface area contributed by atoms with Crippen LogP contribution in [0.25, 0.3) is 11.4 Å². The summed E-state index contributed by atoms with van der Waals surface area (Å²) >= 11 is 0. The Hall–Kier alpha value is -2.99. The van der Waals surface area contributed by atoms with Crippen molar-refractivity contribution in [2.45, 2.75) is 13.0 Å². The van der Waals surface area contributed by atoms with E-state index in [4.69, 9.17) is 0 Å². The number of nitrogens with one attached hydrogen (secondary N) is 2. The number of para-hydroxylation sites is 1. The highest BCUT2D eigenvalue weighted by Gasteiger charge is 2.09. The summed E-state index contributed by atoms with van der Waals surface area (Å²) in [4.78, 5) is 13.3. The highest BCUT2D eigenvalue weighted by molar-refractivity contribution is 5.60. The molecule has 0 radical (unpaired) electrons. The van der Waals surface area contributed by atoms with E-state index in [2.05, 4.69) is 25.6 Å². The van der Waals surface area contributed by atoms with E-state index in [1.807, 2.05) is 60.7 Å². The molecule has 122 valence electrons. The van der Waals surface area contributed by atoms with Gasteiger partial charge in [-0.05, 0) is 19.1 Å². The molecule has 3 aromatic rings. The largest absolute Gasteiger partial charge is 0.392 e. The third kappa shape index (κ3) is 4.27. The molecule has 0 aliphatic rings. The molecule has 3 N–H and O–H groups in total. The summed E-state index contributed by atoms with van der Waals surface area (Å²) in [5, 5.41) is 15.7. The predicted molar refractivity (Wildman–Crippen MR) is 95.2 cm³/mol. The summed E-state index contributed by atoms with van der Waals surface area (Å²) in [6.07, 6.45) is -0.493. The van der Waals surface area contributed by atoms with E-state index in [0.29, 0.717) is 24.3 Å². The molecule has 6 heteroatoms. The summed E-state index contributed by atoms with van der Waals surface area (Å²) in [5.41, 5.74) is 1.79. The normalized spacial score (nSPS) is 11.8. The lowest BCUT2D eigenvalue weighted by molar-refractivity contribution is 0.208. The van der Waals surface area contributed by atoms with Crippen LogP contribution >= 0.6 is 0 Å². The monoisotopic (exact) mass is 321 g/mol. The first-order valence-electron chi connectivity index (χ1n) is 7.76. The van der Waals surface area contributed by atoms with Crippen LogP contribution in [0.5, 0.6) is 0 Å². The van der Waals surface area contributed by atoms with E-state index < -0.39 is 6.10 Å². The fourth-order valence-electron chi connectivity index (χ4n) is 2.12. The second kappa shape index (κ2) is 7.52. The van der Waals surface area contributed by atoms with Gasteiger partial charge in [-0.15, -0.1) is 0 Å². The Morgan fingerprint density at radius 3 is 2.17 bits per heavy atom. The molecular weight excluding hydrogens is 302 g/mol. The Morgan fingerprint density at radius 1 is 0.875 bits per heavy atom. The maximum atomic E-state index is 9.46. The van der Waals surface area contributed by atoms with Gasteiger partial charge in [0.1, 0.15) is 0 Å². The number of nitrogens with zero attached hydrogens (tertiary/aromatic N) is 3. The number of aromatic nitrogens is 3. The molecule has 1 aromatic heterocycles. The highest BCUT2D eigenvalue weighted by atomic mass is 16.3. The smallest absolute Gasteiger partial charge is 0.232 e. The van der Waals surface area contributed by atoms with E-state index in [1.54, 1.807) is 6.92 Å². The van der Waals surface area contributed by atoms with Crippen LogP contribution in [0, 0.1) is 0 Å². The van der Waals surface area contributed by atoms with Gasteiger partial charge in [0.05, 0.1) is 6.10 Å². The van der Waals surface area contributed by atoms with Crippen LogP contribution in [0.15, 0.2) is 60.7 Å². The maximum absolute atomic E-state index is 9.46. The van der Waals surface area contributed by atoms with Gasteiger partial charge in [0.15, 0.2) is 5.82 Å².